The van der Waals surface area contributed by atoms with Crippen molar-refractivity contribution in [2.45, 2.75) is 38.9 Å². The molecular weight excluding hydrogens is 228 g/mol. The lowest BCUT2D eigenvalue weighted by molar-refractivity contribution is -0.112. The first-order chi connectivity index (χ1) is 8.14. The molecule has 1 fully saturated rings. The van der Waals surface area contributed by atoms with Gasteiger partial charge in [-0.15, -0.1) is 0 Å². The Bertz CT molecular complexity index is 552. The average Bonchev–Trinajstić information content (AvgIpc) is 2.68. The van der Waals surface area contributed by atoms with Gasteiger partial charge < -0.3 is 10.2 Å². The summed E-state index contributed by atoms with van der Waals surface area (Å²) in [7, 11) is 0. The highest BCUT2D eigenvalue weighted by molar-refractivity contribution is 6.10. The van der Waals surface area contributed by atoms with Crippen molar-refractivity contribution in [2.75, 3.05) is 0 Å². The smallest absolute Gasteiger partial charge is 0.182 e. The Labute approximate surface area is 107 Å². The quantitative estimate of drug-likeness (QED) is 0.637. The lowest BCUT2D eigenvalue weighted by atomic mass is 9.67. The first-order valence-corrected chi connectivity index (χ1v) is 6.23. The van der Waals surface area contributed by atoms with E-state index >= 15 is 0 Å². The van der Waals surface area contributed by atoms with E-state index in [0.717, 1.165) is 5.57 Å². The van der Waals surface area contributed by atoms with Crippen molar-refractivity contribution in [3.05, 3.63) is 35.5 Å². The molecule has 3 aliphatic carbocycles. The highest BCUT2D eigenvalue weighted by Gasteiger charge is 2.67. The molecule has 3 heteroatoms. The van der Waals surface area contributed by atoms with Gasteiger partial charge >= 0.3 is 0 Å². The molecule has 0 aromatic heterocycles. The van der Waals surface area contributed by atoms with Crippen molar-refractivity contribution >= 4 is 5.78 Å². The molecular formula is C15H18O3. The van der Waals surface area contributed by atoms with Crippen molar-refractivity contribution in [3.8, 4) is 0 Å². The van der Waals surface area contributed by atoms with E-state index in [1.165, 1.54) is 6.08 Å². The predicted octanol–water partition coefficient (Wildman–Crippen LogP) is 1.52. The molecule has 1 saturated carbocycles. The molecule has 0 bridgehead atoms. The molecule has 0 amide bonds. The summed E-state index contributed by atoms with van der Waals surface area (Å²) in [5.74, 6) is -0.115. The fraction of sp³-hybridized carbons (Fsp3) is 0.533. The fourth-order valence-electron chi connectivity index (χ4n) is 3.80. The minimum absolute atomic E-state index is 0.115. The van der Waals surface area contributed by atoms with Gasteiger partial charge in [-0.3, -0.25) is 4.79 Å². The molecule has 2 N–H and O–H groups in total. The molecule has 0 saturated heterocycles. The number of hydrogen-bond acceptors (Lipinski definition) is 3. The van der Waals surface area contributed by atoms with Gasteiger partial charge in [0.2, 0.25) is 0 Å². The Morgan fingerprint density at radius 1 is 1.33 bits per heavy atom. The fourth-order valence-corrected chi connectivity index (χ4v) is 3.80. The molecule has 3 unspecified atom stereocenters. The van der Waals surface area contributed by atoms with Crippen LogP contribution in [0.1, 0.15) is 27.2 Å². The van der Waals surface area contributed by atoms with Crippen molar-refractivity contribution in [1.29, 1.82) is 0 Å². The Kier molecular flexibility index (Phi) is 1.89. The SMILES string of the molecule is C=C1C(=O)C=C2C=C3C(O)C(C)(C)CC3(O)C12C. The summed E-state index contributed by atoms with van der Waals surface area (Å²) < 4.78 is 0. The minimum Gasteiger partial charge on any atom is -0.388 e. The number of rotatable bonds is 0. The van der Waals surface area contributed by atoms with Crippen molar-refractivity contribution in [1.82, 2.24) is 0 Å². The van der Waals surface area contributed by atoms with Gasteiger partial charge in [-0.25, -0.2) is 0 Å². The van der Waals surface area contributed by atoms with Gasteiger partial charge in [0, 0.05) is 5.57 Å². The van der Waals surface area contributed by atoms with Crippen LogP contribution in [0.2, 0.25) is 0 Å². The summed E-state index contributed by atoms with van der Waals surface area (Å²) in [5, 5.41) is 21.4. The maximum atomic E-state index is 11.8. The molecule has 3 aliphatic rings. The van der Waals surface area contributed by atoms with Crippen LogP contribution in [0.5, 0.6) is 0 Å². The third kappa shape index (κ3) is 0.975. The zero-order valence-electron chi connectivity index (χ0n) is 10.9. The number of aliphatic hydroxyl groups is 2. The largest absolute Gasteiger partial charge is 0.388 e. The van der Waals surface area contributed by atoms with Crippen molar-refractivity contribution in [2.24, 2.45) is 10.8 Å². The normalized spacial score (nSPS) is 44.8. The molecule has 0 aliphatic heterocycles. The summed E-state index contributed by atoms with van der Waals surface area (Å²) in [4.78, 5) is 11.8. The van der Waals surface area contributed by atoms with E-state index < -0.39 is 17.1 Å². The zero-order chi connectivity index (χ0) is 13.5. The minimum atomic E-state index is -1.18. The second kappa shape index (κ2) is 2.86. The highest BCUT2D eigenvalue weighted by Crippen LogP contribution is 2.65. The highest BCUT2D eigenvalue weighted by atomic mass is 16.3. The van der Waals surface area contributed by atoms with E-state index in [4.69, 9.17) is 0 Å². The predicted molar refractivity (Wildman–Crippen MR) is 67.8 cm³/mol. The summed E-state index contributed by atoms with van der Waals surface area (Å²) in [6.07, 6.45) is 3.09. The second-order valence-electron chi connectivity index (χ2n) is 6.60. The van der Waals surface area contributed by atoms with Gasteiger partial charge in [0.15, 0.2) is 5.78 Å². The van der Waals surface area contributed by atoms with Crippen LogP contribution in [-0.4, -0.2) is 27.7 Å². The van der Waals surface area contributed by atoms with E-state index in [1.807, 2.05) is 20.8 Å². The molecule has 0 aromatic carbocycles. The number of aliphatic hydroxyl groups excluding tert-OH is 1. The van der Waals surface area contributed by atoms with Gasteiger partial charge in [-0.1, -0.05) is 26.5 Å². The van der Waals surface area contributed by atoms with E-state index in [-0.39, 0.29) is 11.2 Å². The van der Waals surface area contributed by atoms with E-state index in [0.29, 0.717) is 17.6 Å². The third-order valence-electron chi connectivity index (χ3n) is 5.13. The standard InChI is InChI=1S/C15H18O3/c1-8-11(16)6-9-5-10-12(17)13(2,3)7-15(10,18)14(8,9)4/h5-6,12,17-18H,1,7H2,2-4H3. The summed E-state index contributed by atoms with van der Waals surface area (Å²) in [6.45, 7) is 9.57. The van der Waals surface area contributed by atoms with Crippen LogP contribution in [0.3, 0.4) is 0 Å². The molecule has 3 nitrogen and oxygen atoms in total. The molecule has 3 rings (SSSR count). The monoisotopic (exact) mass is 246 g/mol. The number of hydrogen-bond donors (Lipinski definition) is 2. The number of fused-ring (bicyclic) bond motifs is 3. The van der Waals surface area contributed by atoms with Crippen LogP contribution in [0.25, 0.3) is 0 Å². The molecule has 0 spiro atoms. The molecule has 0 aromatic rings. The van der Waals surface area contributed by atoms with E-state index in [9.17, 15) is 15.0 Å². The average molecular weight is 246 g/mol. The van der Waals surface area contributed by atoms with Gasteiger partial charge in [0.05, 0.1) is 11.5 Å². The van der Waals surface area contributed by atoms with Crippen LogP contribution in [0.15, 0.2) is 35.5 Å². The zero-order valence-corrected chi connectivity index (χ0v) is 10.9. The number of carbonyl (C=O) groups is 1. The lowest BCUT2D eigenvalue weighted by Crippen LogP contribution is -2.44. The number of ketones is 1. The Balaban J connectivity index is 2.24. The first kappa shape index (κ1) is 11.9. The summed E-state index contributed by atoms with van der Waals surface area (Å²) in [5.41, 5.74) is -0.490. The third-order valence-corrected chi connectivity index (χ3v) is 5.13. The van der Waals surface area contributed by atoms with Gasteiger partial charge in [0.1, 0.15) is 5.60 Å². The van der Waals surface area contributed by atoms with Crippen LogP contribution in [-0.2, 0) is 4.79 Å². The first-order valence-electron chi connectivity index (χ1n) is 6.23. The van der Waals surface area contributed by atoms with Crippen LogP contribution < -0.4 is 0 Å². The maximum absolute atomic E-state index is 11.8. The van der Waals surface area contributed by atoms with Crippen LogP contribution in [0.4, 0.5) is 0 Å². The number of carbonyl (C=O) groups excluding carboxylic acids is 1. The molecule has 0 radical (unpaired) electrons. The molecule has 3 atom stereocenters. The topological polar surface area (TPSA) is 57.5 Å². The number of allylic oxidation sites excluding steroid dienone is 2. The van der Waals surface area contributed by atoms with E-state index in [1.54, 1.807) is 6.08 Å². The van der Waals surface area contributed by atoms with Gasteiger partial charge in [-0.05, 0) is 36.0 Å². The summed E-state index contributed by atoms with van der Waals surface area (Å²) >= 11 is 0. The summed E-state index contributed by atoms with van der Waals surface area (Å²) in [6, 6.07) is 0. The molecule has 0 heterocycles. The second-order valence-corrected chi connectivity index (χ2v) is 6.60. The maximum Gasteiger partial charge on any atom is 0.182 e. The van der Waals surface area contributed by atoms with Crippen molar-refractivity contribution in [3.63, 3.8) is 0 Å². The van der Waals surface area contributed by atoms with Crippen molar-refractivity contribution < 1.29 is 15.0 Å². The Hall–Kier alpha value is -1.19. The Morgan fingerprint density at radius 3 is 2.56 bits per heavy atom. The van der Waals surface area contributed by atoms with Gasteiger partial charge in [0.25, 0.3) is 0 Å². The van der Waals surface area contributed by atoms with Crippen LogP contribution >= 0.6 is 0 Å². The lowest BCUT2D eigenvalue weighted by Gasteiger charge is -2.39. The molecule has 96 valence electrons. The Morgan fingerprint density at radius 2 is 1.94 bits per heavy atom. The molecule has 18 heavy (non-hydrogen) atoms. The van der Waals surface area contributed by atoms with E-state index in [2.05, 4.69) is 6.58 Å². The van der Waals surface area contributed by atoms with Gasteiger partial charge in [-0.2, -0.15) is 0 Å². The van der Waals surface area contributed by atoms with Crippen LogP contribution in [0, 0.1) is 10.8 Å².